The van der Waals surface area contributed by atoms with Crippen LogP contribution in [0.15, 0.2) is 0 Å². The molecule has 0 bridgehead atoms. The summed E-state index contributed by atoms with van der Waals surface area (Å²) in [4.78, 5) is 10.2. The number of aldehydes is 1. The fourth-order valence-corrected chi connectivity index (χ4v) is 4.51. The number of rotatable bonds is 7. The Morgan fingerprint density at radius 2 is 1.50 bits per heavy atom. The van der Waals surface area contributed by atoms with Gasteiger partial charge in [-0.15, -0.1) is 0 Å². The first-order chi connectivity index (χ1) is 12.5. The van der Waals surface area contributed by atoms with Crippen LogP contribution in [0.2, 0.25) is 0 Å². The van der Waals surface area contributed by atoms with Crippen LogP contribution in [0.4, 0.5) is 0 Å². The second-order valence-corrected chi connectivity index (χ2v) is 8.90. The molecular formula is C21H35O5. The molecule has 5 nitrogen and oxygen atoms in total. The van der Waals surface area contributed by atoms with Crippen molar-refractivity contribution in [3.05, 3.63) is 0 Å². The molecule has 26 heavy (non-hydrogen) atoms. The smallest absolute Gasteiger partial charge is 0.120 e. The van der Waals surface area contributed by atoms with Gasteiger partial charge in [0.15, 0.2) is 0 Å². The van der Waals surface area contributed by atoms with E-state index in [1.54, 1.807) is 0 Å². The number of ether oxygens (including phenoxy) is 3. The molecule has 4 rings (SSSR count). The van der Waals surface area contributed by atoms with Gasteiger partial charge in [0.05, 0.1) is 43.7 Å². The molecule has 2 saturated heterocycles. The lowest BCUT2D eigenvalue weighted by molar-refractivity contribution is -0.108. The van der Waals surface area contributed by atoms with Crippen LogP contribution in [-0.4, -0.2) is 50.0 Å². The van der Waals surface area contributed by atoms with Crippen LogP contribution in [-0.2, 0) is 24.1 Å². The van der Waals surface area contributed by atoms with Gasteiger partial charge in [-0.3, -0.25) is 0 Å². The van der Waals surface area contributed by atoms with E-state index in [0.717, 1.165) is 38.6 Å². The highest BCUT2D eigenvalue weighted by atomic mass is 16.6. The molecule has 0 aromatic heterocycles. The van der Waals surface area contributed by atoms with Gasteiger partial charge in [0, 0.05) is 6.42 Å². The summed E-state index contributed by atoms with van der Waals surface area (Å²) in [5.41, 5.74) is 0. The second kappa shape index (κ2) is 9.13. The van der Waals surface area contributed by atoms with Gasteiger partial charge in [-0.2, -0.15) is 0 Å². The predicted octanol–water partition coefficient (Wildman–Crippen LogP) is 3.41. The number of hydrogen-bond acceptors (Lipinski definition) is 4. The number of epoxide rings is 2. The monoisotopic (exact) mass is 367 g/mol. The van der Waals surface area contributed by atoms with Crippen molar-refractivity contribution in [2.45, 2.75) is 89.8 Å². The summed E-state index contributed by atoms with van der Waals surface area (Å²) in [7, 11) is 0. The molecule has 5 heteroatoms. The maximum Gasteiger partial charge on any atom is 0.120 e. The molecular weight excluding hydrogens is 332 g/mol. The first kappa shape index (κ1) is 20.2. The number of carbonyl (C=O) groups excluding carboxylic acids is 1. The van der Waals surface area contributed by atoms with Gasteiger partial charge in [0.2, 0.25) is 0 Å². The highest BCUT2D eigenvalue weighted by molar-refractivity contribution is 5.49. The Hall–Kier alpha value is -0.490. The van der Waals surface area contributed by atoms with E-state index < -0.39 is 0 Å². The van der Waals surface area contributed by atoms with Crippen LogP contribution >= 0.6 is 0 Å². The first-order valence-corrected chi connectivity index (χ1v) is 10.5. The van der Waals surface area contributed by atoms with E-state index >= 15 is 0 Å². The summed E-state index contributed by atoms with van der Waals surface area (Å²) in [5, 5.41) is 10.6. The molecule has 2 aliphatic carbocycles. The maximum absolute atomic E-state index is 10.6. The van der Waals surface area contributed by atoms with Crippen molar-refractivity contribution in [1.82, 2.24) is 0 Å². The van der Waals surface area contributed by atoms with E-state index in [0.29, 0.717) is 54.5 Å². The van der Waals surface area contributed by atoms with Gasteiger partial charge in [-0.05, 0) is 62.7 Å². The second-order valence-electron chi connectivity index (χ2n) is 8.90. The average molecular weight is 368 g/mol. The lowest BCUT2D eigenvalue weighted by Crippen LogP contribution is -2.27. The molecule has 9 unspecified atom stereocenters. The third-order valence-electron chi connectivity index (χ3n) is 6.76. The quantitative estimate of drug-likeness (QED) is 0.511. The highest BCUT2D eigenvalue weighted by Crippen LogP contribution is 2.43. The molecule has 2 heterocycles. The Bertz CT molecular complexity index is 456. The van der Waals surface area contributed by atoms with Crippen molar-refractivity contribution >= 4 is 6.29 Å². The first-order valence-electron chi connectivity index (χ1n) is 10.5. The molecule has 2 saturated carbocycles. The fourth-order valence-electron chi connectivity index (χ4n) is 4.51. The number of hydrogen-bond donors (Lipinski definition) is 0. The van der Waals surface area contributed by atoms with Gasteiger partial charge in [0.25, 0.3) is 0 Å². The largest absolute Gasteiger partial charge is 0.378 e. The SMILES string of the molecule is CC(CCC=O)OCC1CC2OC2CC1C.CC1CC2OC2CC1C[O]. The summed E-state index contributed by atoms with van der Waals surface area (Å²) >= 11 is 0. The predicted molar refractivity (Wildman–Crippen MR) is 97.4 cm³/mol. The lowest BCUT2D eigenvalue weighted by Gasteiger charge is -2.27. The Kier molecular flexibility index (Phi) is 7.11. The van der Waals surface area contributed by atoms with Crippen molar-refractivity contribution in [2.75, 3.05) is 13.2 Å². The van der Waals surface area contributed by atoms with Gasteiger partial charge in [-0.1, -0.05) is 13.8 Å². The Morgan fingerprint density at radius 3 is 2.08 bits per heavy atom. The number of carbonyl (C=O) groups is 1. The van der Waals surface area contributed by atoms with E-state index in [-0.39, 0.29) is 12.7 Å². The fraction of sp³-hybridized carbons (Fsp3) is 0.952. The molecule has 0 N–H and O–H groups in total. The molecule has 0 spiro atoms. The summed E-state index contributed by atoms with van der Waals surface area (Å²) in [6.07, 6.45) is 9.19. The summed E-state index contributed by atoms with van der Waals surface area (Å²) in [5.74, 6) is 2.34. The minimum atomic E-state index is 0.0910. The molecule has 2 aliphatic heterocycles. The molecule has 4 aliphatic rings. The van der Waals surface area contributed by atoms with Crippen molar-refractivity contribution in [3.8, 4) is 0 Å². The van der Waals surface area contributed by atoms with Gasteiger partial charge in [0.1, 0.15) is 6.29 Å². The minimum Gasteiger partial charge on any atom is -0.378 e. The Labute approximate surface area is 157 Å². The molecule has 4 fully saturated rings. The number of fused-ring (bicyclic) bond motifs is 2. The third-order valence-corrected chi connectivity index (χ3v) is 6.76. The van der Waals surface area contributed by atoms with E-state index in [9.17, 15) is 9.90 Å². The highest BCUT2D eigenvalue weighted by Gasteiger charge is 2.47. The summed E-state index contributed by atoms with van der Waals surface area (Å²) < 4.78 is 16.7. The van der Waals surface area contributed by atoms with Crippen LogP contribution in [0.25, 0.3) is 0 Å². The van der Waals surface area contributed by atoms with E-state index in [4.69, 9.17) is 14.2 Å². The molecule has 0 aromatic rings. The summed E-state index contributed by atoms with van der Waals surface area (Å²) in [6.45, 7) is 7.43. The maximum atomic E-state index is 10.6. The molecule has 0 aromatic carbocycles. The van der Waals surface area contributed by atoms with Crippen molar-refractivity contribution in [3.63, 3.8) is 0 Å². The van der Waals surface area contributed by atoms with Crippen molar-refractivity contribution in [1.29, 1.82) is 0 Å². The standard InChI is InChI=1S/C13H22O3.C8H13O2/c1-9-6-12-13(16-12)7-11(9)8-15-10(2)4-3-5-14;1-5-2-7-8(10-7)3-6(5)4-9/h5,9-13H,3-4,6-8H2,1-2H3;5-8H,2-4H2,1H3. The minimum absolute atomic E-state index is 0.0910. The van der Waals surface area contributed by atoms with E-state index in [1.165, 1.54) is 6.42 Å². The normalized spacial score (nSPS) is 44.0. The molecule has 1 radical (unpaired) electrons. The Balaban J connectivity index is 0.000000167. The van der Waals surface area contributed by atoms with E-state index in [1.807, 2.05) is 6.92 Å². The zero-order valence-electron chi connectivity index (χ0n) is 16.5. The zero-order chi connectivity index (χ0) is 18.7. The average Bonchev–Trinajstić information content (AvgIpc) is 3.53. The van der Waals surface area contributed by atoms with Crippen molar-refractivity contribution in [2.24, 2.45) is 23.7 Å². The Morgan fingerprint density at radius 1 is 0.962 bits per heavy atom. The summed E-state index contributed by atoms with van der Waals surface area (Å²) in [6, 6.07) is 0. The zero-order valence-corrected chi connectivity index (χ0v) is 16.5. The third kappa shape index (κ3) is 5.51. The van der Waals surface area contributed by atoms with E-state index in [2.05, 4.69) is 13.8 Å². The van der Waals surface area contributed by atoms with Crippen LogP contribution in [0, 0.1) is 23.7 Å². The van der Waals surface area contributed by atoms with Gasteiger partial charge < -0.3 is 19.0 Å². The van der Waals surface area contributed by atoms with Crippen molar-refractivity contribution < 1.29 is 24.1 Å². The molecule has 9 atom stereocenters. The van der Waals surface area contributed by atoms with Crippen LogP contribution in [0.3, 0.4) is 0 Å². The van der Waals surface area contributed by atoms with Crippen LogP contribution in [0.1, 0.15) is 59.3 Å². The van der Waals surface area contributed by atoms with Crippen LogP contribution in [0.5, 0.6) is 0 Å². The molecule has 149 valence electrons. The van der Waals surface area contributed by atoms with Gasteiger partial charge in [-0.25, -0.2) is 5.11 Å². The topological polar surface area (TPSA) is 71.3 Å². The van der Waals surface area contributed by atoms with Gasteiger partial charge >= 0.3 is 0 Å². The lowest BCUT2D eigenvalue weighted by atomic mass is 9.81. The van der Waals surface area contributed by atoms with Crippen LogP contribution < -0.4 is 0 Å². The molecule has 0 amide bonds.